The summed E-state index contributed by atoms with van der Waals surface area (Å²) in [6.45, 7) is 7.03. The minimum Gasteiger partial charge on any atom is -0.463 e. The van der Waals surface area contributed by atoms with E-state index >= 15 is 0 Å². The van der Waals surface area contributed by atoms with E-state index in [4.69, 9.17) is 10.2 Å². The van der Waals surface area contributed by atoms with Crippen LogP contribution in [0.4, 0.5) is 9.59 Å². The van der Waals surface area contributed by atoms with Gasteiger partial charge in [-0.1, -0.05) is 6.92 Å². The fraction of sp³-hybridized carbons (Fsp3) is 0.800. The Bertz CT molecular complexity index is 387. The molecule has 1 saturated heterocycles. The van der Waals surface area contributed by atoms with Gasteiger partial charge in [-0.2, -0.15) is 0 Å². The van der Waals surface area contributed by atoms with Gasteiger partial charge in [-0.3, -0.25) is 4.79 Å². The lowest BCUT2D eigenvalue weighted by Gasteiger charge is -2.08. The second-order valence-electron chi connectivity index (χ2n) is 5.02. The number of carbonyl (C=O) groups is 3. The highest BCUT2D eigenvalue weighted by Gasteiger charge is 2.19. The first-order valence-corrected chi connectivity index (χ1v) is 7.82. The number of carbonyl (C=O) groups excluding carboxylic acids is 3. The molecule has 3 unspecified atom stereocenters. The highest BCUT2D eigenvalue weighted by Crippen LogP contribution is 2.02. The Kier molecular flexibility index (Phi) is 15.6. The van der Waals surface area contributed by atoms with E-state index in [1.165, 1.54) is 7.05 Å². The Morgan fingerprint density at radius 3 is 2.28 bits per heavy atom. The molecule has 0 spiro atoms. The summed E-state index contributed by atoms with van der Waals surface area (Å²) in [4.78, 5) is 30.7. The van der Waals surface area contributed by atoms with E-state index in [0.29, 0.717) is 13.0 Å². The normalized spacial score (nSPS) is 17.2. The number of aliphatic hydroxyl groups is 2. The molecule has 25 heavy (non-hydrogen) atoms. The maximum absolute atomic E-state index is 10.4. The number of alkyl carbamates (subject to hydrolysis) is 1. The lowest BCUT2D eigenvalue weighted by molar-refractivity contribution is -0.145. The summed E-state index contributed by atoms with van der Waals surface area (Å²) in [6.07, 6.45) is -1.73. The van der Waals surface area contributed by atoms with Crippen molar-refractivity contribution in [3.05, 3.63) is 0 Å². The summed E-state index contributed by atoms with van der Waals surface area (Å²) in [7, 11) is 1.46. The predicted octanol–water partition coefficient (Wildman–Crippen LogP) is 0.585. The lowest BCUT2D eigenvalue weighted by Crippen LogP contribution is -2.26. The molecule has 0 aromatic carbocycles. The van der Waals surface area contributed by atoms with Gasteiger partial charge >= 0.3 is 18.2 Å². The van der Waals surface area contributed by atoms with Crippen molar-refractivity contribution in [1.29, 1.82) is 0 Å². The van der Waals surface area contributed by atoms with Crippen LogP contribution in [0.3, 0.4) is 0 Å². The minimum atomic E-state index is -0.555. The van der Waals surface area contributed by atoms with Gasteiger partial charge in [-0.25, -0.2) is 9.59 Å². The molecule has 0 aromatic rings. The van der Waals surface area contributed by atoms with Crippen molar-refractivity contribution in [2.45, 2.75) is 52.4 Å². The van der Waals surface area contributed by atoms with Crippen molar-refractivity contribution in [3.63, 3.8) is 0 Å². The topological polar surface area (TPSA) is 141 Å². The lowest BCUT2D eigenvalue weighted by atomic mass is 10.4. The van der Waals surface area contributed by atoms with E-state index in [2.05, 4.69) is 24.3 Å². The number of cyclic esters (lactones) is 2. The molecule has 1 rings (SSSR count). The summed E-state index contributed by atoms with van der Waals surface area (Å²) in [5.41, 5.74) is 0. The molecule has 0 bridgehead atoms. The molecule has 148 valence electrons. The van der Waals surface area contributed by atoms with E-state index in [9.17, 15) is 14.4 Å². The Morgan fingerprint density at radius 2 is 2.00 bits per heavy atom. The zero-order valence-electron chi connectivity index (χ0n) is 15.3. The molecular formula is C15H29NO9. The molecule has 0 saturated carbocycles. The van der Waals surface area contributed by atoms with Gasteiger partial charge in [0.2, 0.25) is 0 Å². The second-order valence-corrected chi connectivity index (χ2v) is 5.02. The summed E-state index contributed by atoms with van der Waals surface area (Å²) < 4.78 is 18.0. The highest BCUT2D eigenvalue weighted by molar-refractivity contribution is 5.68. The first-order valence-electron chi connectivity index (χ1n) is 7.82. The molecule has 1 aliphatic rings. The molecular weight excluding hydrogens is 338 g/mol. The molecule has 0 radical (unpaired) electrons. The quantitative estimate of drug-likeness (QED) is 0.470. The molecule has 3 atom stereocenters. The van der Waals surface area contributed by atoms with Crippen LogP contribution in [-0.2, 0) is 23.7 Å². The molecule has 0 aliphatic carbocycles. The maximum Gasteiger partial charge on any atom is 0.508 e. The van der Waals surface area contributed by atoms with Crippen LogP contribution >= 0.6 is 0 Å². The summed E-state index contributed by atoms with van der Waals surface area (Å²) in [5.74, 6) is -0.268. The molecule has 3 N–H and O–H groups in total. The third-order valence-corrected chi connectivity index (χ3v) is 2.28. The fourth-order valence-corrected chi connectivity index (χ4v) is 1.01. The van der Waals surface area contributed by atoms with Crippen molar-refractivity contribution < 1.29 is 43.5 Å². The summed E-state index contributed by atoms with van der Waals surface area (Å²) in [6, 6.07) is 0. The first-order chi connectivity index (χ1) is 11.7. The molecule has 1 aliphatic heterocycles. The van der Waals surface area contributed by atoms with Gasteiger partial charge in [0.1, 0.15) is 25.4 Å². The second kappa shape index (κ2) is 15.5. The Balaban J connectivity index is 0. The zero-order valence-corrected chi connectivity index (χ0v) is 15.3. The number of esters is 1. The van der Waals surface area contributed by atoms with Crippen LogP contribution in [0, 0.1) is 0 Å². The Labute approximate surface area is 147 Å². The molecule has 0 aromatic heterocycles. The Hall–Kier alpha value is -2.07. The SMILES string of the molecule is CC1COC(=O)O1.CCC(=O)OCC(C)O.CNC(=O)OC(C)CO. The predicted molar refractivity (Wildman–Crippen MR) is 86.9 cm³/mol. The largest absolute Gasteiger partial charge is 0.508 e. The van der Waals surface area contributed by atoms with Crippen molar-refractivity contribution in [2.24, 2.45) is 0 Å². The van der Waals surface area contributed by atoms with E-state index in [1.54, 1.807) is 27.7 Å². The average molecular weight is 367 g/mol. The van der Waals surface area contributed by atoms with Gasteiger partial charge < -0.3 is 34.5 Å². The first kappa shape index (κ1) is 25.2. The molecule has 10 nitrogen and oxygen atoms in total. The zero-order chi connectivity index (χ0) is 19.8. The van der Waals surface area contributed by atoms with Crippen LogP contribution in [0.15, 0.2) is 0 Å². The van der Waals surface area contributed by atoms with Crippen LogP contribution in [0.5, 0.6) is 0 Å². The van der Waals surface area contributed by atoms with Gasteiger partial charge in [-0.05, 0) is 20.8 Å². The van der Waals surface area contributed by atoms with E-state index in [-0.39, 0.29) is 25.3 Å². The molecule has 1 fully saturated rings. The van der Waals surface area contributed by atoms with Crippen molar-refractivity contribution in [2.75, 3.05) is 26.9 Å². The van der Waals surface area contributed by atoms with Crippen LogP contribution in [-0.4, -0.2) is 73.6 Å². The number of hydrogen-bond donors (Lipinski definition) is 3. The van der Waals surface area contributed by atoms with E-state index in [1.807, 2.05) is 0 Å². The number of hydrogen-bond acceptors (Lipinski definition) is 9. The third-order valence-electron chi connectivity index (χ3n) is 2.28. The highest BCUT2D eigenvalue weighted by atomic mass is 16.8. The van der Waals surface area contributed by atoms with Gasteiger partial charge in [0.25, 0.3) is 0 Å². The van der Waals surface area contributed by atoms with Crippen molar-refractivity contribution in [3.8, 4) is 0 Å². The fourth-order valence-electron chi connectivity index (χ4n) is 1.01. The van der Waals surface area contributed by atoms with Gasteiger partial charge in [0, 0.05) is 13.5 Å². The van der Waals surface area contributed by atoms with Crippen LogP contribution in [0.1, 0.15) is 34.1 Å². The number of aliphatic hydroxyl groups excluding tert-OH is 2. The Morgan fingerprint density at radius 1 is 1.40 bits per heavy atom. The van der Waals surface area contributed by atoms with Crippen LogP contribution in [0.25, 0.3) is 0 Å². The number of rotatable bonds is 5. The molecule has 1 heterocycles. The number of ether oxygens (including phenoxy) is 4. The molecule has 1 amide bonds. The minimum absolute atomic E-state index is 0.0486. The van der Waals surface area contributed by atoms with Gasteiger partial charge in [0.05, 0.1) is 12.7 Å². The van der Waals surface area contributed by atoms with Crippen molar-refractivity contribution >= 4 is 18.2 Å². The van der Waals surface area contributed by atoms with Crippen molar-refractivity contribution in [1.82, 2.24) is 5.32 Å². The average Bonchev–Trinajstić information content (AvgIpc) is 2.96. The van der Waals surface area contributed by atoms with Crippen LogP contribution in [0.2, 0.25) is 0 Å². The monoisotopic (exact) mass is 367 g/mol. The van der Waals surface area contributed by atoms with Gasteiger partial charge in [0.15, 0.2) is 0 Å². The van der Waals surface area contributed by atoms with Gasteiger partial charge in [-0.15, -0.1) is 0 Å². The maximum atomic E-state index is 10.4. The summed E-state index contributed by atoms with van der Waals surface area (Å²) in [5, 5.41) is 19.3. The third kappa shape index (κ3) is 18.1. The number of nitrogens with one attached hydrogen (secondary N) is 1. The number of amides is 1. The smallest absolute Gasteiger partial charge is 0.463 e. The summed E-state index contributed by atoms with van der Waals surface area (Å²) >= 11 is 0. The van der Waals surface area contributed by atoms with E-state index < -0.39 is 24.5 Å². The molecule has 10 heteroatoms. The standard InChI is InChI=1S/C6H12O3.C5H11NO3.C4H6O3/c1-3-6(8)9-4-5(2)7;1-4(3-7)9-5(8)6-2;1-3-2-6-4(5)7-3/h5,7H,3-4H2,1-2H3;4,7H,3H2,1-2H3,(H,6,8);3H,2H2,1H3. The van der Waals surface area contributed by atoms with Crippen LogP contribution < -0.4 is 5.32 Å². The van der Waals surface area contributed by atoms with E-state index in [0.717, 1.165) is 0 Å².